The van der Waals surface area contributed by atoms with Gasteiger partial charge in [-0.1, -0.05) is 45.9 Å². The predicted octanol–water partition coefficient (Wildman–Crippen LogP) is 3.55. The summed E-state index contributed by atoms with van der Waals surface area (Å²) in [5.74, 6) is -4.99. The zero-order valence-corrected chi connectivity index (χ0v) is 18.1. The summed E-state index contributed by atoms with van der Waals surface area (Å²) in [6.45, 7) is 6.00. The number of amides is 2. The molecule has 0 bridgehead atoms. The Balaban J connectivity index is 1.77. The fraction of sp³-hybridized carbons (Fsp3) is 0.478. The first kappa shape index (κ1) is 22.8. The van der Waals surface area contributed by atoms with E-state index in [1.165, 1.54) is 6.20 Å². The molecule has 1 aliphatic rings. The Morgan fingerprint density at radius 1 is 1.19 bits per heavy atom. The third-order valence-electron chi connectivity index (χ3n) is 5.56. The van der Waals surface area contributed by atoms with Gasteiger partial charge >= 0.3 is 0 Å². The van der Waals surface area contributed by atoms with Crippen LogP contribution in [-0.2, 0) is 9.59 Å². The predicted molar refractivity (Wildman–Crippen MR) is 113 cm³/mol. The lowest BCUT2D eigenvalue weighted by Crippen LogP contribution is -2.46. The molecular weight excluding hydrogens is 404 g/mol. The van der Waals surface area contributed by atoms with Crippen molar-refractivity contribution < 1.29 is 23.2 Å². The number of halogens is 2. The van der Waals surface area contributed by atoms with Gasteiger partial charge in [-0.25, -0.2) is 8.78 Å². The van der Waals surface area contributed by atoms with Gasteiger partial charge in [-0.05, 0) is 17.5 Å². The van der Waals surface area contributed by atoms with Crippen molar-refractivity contribution in [3.8, 4) is 0 Å². The van der Waals surface area contributed by atoms with Crippen molar-refractivity contribution in [2.24, 2.45) is 5.92 Å². The second-order valence-corrected chi connectivity index (χ2v) is 8.59. The largest absolute Gasteiger partial charge is 0.343 e. The van der Waals surface area contributed by atoms with Crippen LogP contribution in [0.25, 0.3) is 10.9 Å². The van der Waals surface area contributed by atoms with Crippen LogP contribution >= 0.6 is 0 Å². The molecule has 0 radical (unpaired) electrons. The first-order chi connectivity index (χ1) is 14.5. The summed E-state index contributed by atoms with van der Waals surface area (Å²) in [5, 5.41) is 3.17. The molecule has 31 heavy (non-hydrogen) atoms. The summed E-state index contributed by atoms with van der Waals surface area (Å²) < 4.78 is 27.9. The second-order valence-electron chi connectivity index (χ2n) is 8.59. The Labute approximate surface area is 180 Å². The highest BCUT2D eigenvalue weighted by Gasteiger charge is 2.49. The minimum atomic E-state index is -3.12. The van der Waals surface area contributed by atoms with Gasteiger partial charge in [0.1, 0.15) is 0 Å². The minimum absolute atomic E-state index is 0.211. The molecule has 0 aliphatic carbocycles. The van der Waals surface area contributed by atoms with Crippen LogP contribution in [0.4, 0.5) is 8.78 Å². The summed E-state index contributed by atoms with van der Waals surface area (Å²) in [4.78, 5) is 43.0. The monoisotopic (exact) mass is 431 g/mol. The molecule has 1 aromatic heterocycles. The molecule has 1 saturated heterocycles. The molecule has 2 heterocycles. The number of nitrogens with one attached hydrogen (secondary N) is 1. The zero-order valence-electron chi connectivity index (χ0n) is 18.1. The molecule has 1 fully saturated rings. The first-order valence-corrected chi connectivity index (χ1v) is 10.4. The van der Waals surface area contributed by atoms with E-state index in [1.54, 1.807) is 26.0 Å². The van der Waals surface area contributed by atoms with Crippen LogP contribution in [-0.4, -0.2) is 52.5 Å². The standard InChI is InChI=1S/C23H27F2N3O3/c1-13(2)15-6-5-7-16-17(8-9-26-20(15)16)22(31)27-11-19(29)28-12-23(24,25)10-18(28)21(30)14(3)4/h5-9,13-14,18H,10-12H2,1-4H3,(H,27,31). The summed E-state index contributed by atoms with van der Waals surface area (Å²) in [7, 11) is 0. The number of fused-ring (bicyclic) bond motifs is 1. The molecule has 166 valence electrons. The molecule has 3 rings (SSSR count). The fourth-order valence-corrected chi connectivity index (χ4v) is 3.93. The number of para-hydroxylation sites is 1. The minimum Gasteiger partial charge on any atom is -0.343 e. The number of likely N-dealkylation sites (tertiary alicyclic amines) is 1. The number of carbonyl (C=O) groups excluding carboxylic acids is 3. The molecule has 2 amide bonds. The van der Waals surface area contributed by atoms with E-state index in [4.69, 9.17) is 0 Å². The molecule has 1 aliphatic heterocycles. The van der Waals surface area contributed by atoms with Gasteiger partial charge < -0.3 is 10.2 Å². The number of hydrogen-bond acceptors (Lipinski definition) is 4. The molecule has 0 spiro atoms. The van der Waals surface area contributed by atoms with Crippen LogP contribution in [0.5, 0.6) is 0 Å². The van der Waals surface area contributed by atoms with E-state index in [-0.39, 0.29) is 5.92 Å². The Hall–Kier alpha value is -2.90. The second kappa shape index (κ2) is 8.69. The fourth-order valence-electron chi connectivity index (χ4n) is 3.93. The van der Waals surface area contributed by atoms with E-state index in [0.29, 0.717) is 16.5 Å². The summed E-state index contributed by atoms with van der Waals surface area (Å²) >= 11 is 0. The van der Waals surface area contributed by atoms with E-state index >= 15 is 0 Å². The zero-order chi connectivity index (χ0) is 22.9. The Bertz CT molecular complexity index is 1020. The number of rotatable bonds is 6. The van der Waals surface area contributed by atoms with Crippen LogP contribution in [0.1, 0.15) is 56.0 Å². The van der Waals surface area contributed by atoms with Crippen molar-refractivity contribution in [2.45, 2.75) is 52.0 Å². The van der Waals surface area contributed by atoms with E-state index in [9.17, 15) is 23.2 Å². The van der Waals surface area contributed by atoms with Gasteiger partial charge in [-0.15, -0.1) is 0 Å². The maximum atomic E-state index is 13.9. The molecule has 0 saturated carbocycles. The van der Waals surface area contributed by atoms with Crippen LogP contribution in [0.15, 0.2) is 30.5 Å². The van der Waals surface area contributed by atoms with Crippen molar-refractivity contribution in [1.29, 1.82) is 0 Å². The molecule has 1 atom stereocenters. The molecule has 1 N–H and O–H groups in total. The molecule has 8 heteroatoms. The number of carbonyl (C=O) groups is 3. The average molecular weight is 431 g/mol. The Morgan fingerprint density at radius 2 is 1.90 bits per heavy atom. The Morgan fingerprint density at radius 3 is 2.55 bits per heavy atom. The van der Waals surface area contributed by atoms with Gasteiger partial charge in [-0.3, -0.25) is 19.4 Å². The first-order valence-electron chi connectivity index (χ1n) is 10.4. The van der Waals surface area contributed by atoms with Gasteiger partial charge in [0, 0.05) is 23.9 Å². The smallest absolute Gasteiger partial charge is 0.267 e. The molecule has 1 aromatic carbocycles. The maximum Gasteiger partial charge on any atom is 0.267 e. The number of hydrogen-bond donors (Lipinski definition) is 1. The topological polar surface area (TPSA) is 79.4 Å². The third kappa shape index (κ3) is 4.73. The van der Waals surface area contributed by atoms with Crippen LogP contribution in [0, 0.1) is 5.92 Å². The van der Waals surface area contributed by atoms with Crippen molar-refractivity contribution in [2.75, 3.05) is 13.1 Å². The lowest BCUT2D eigenvalue weighted by atomic mass is 9.97. The van der Waals surface area contributed by atoms with Crippen molar-refractivity contribution in [3.63, 3.8) is 0 Å². The number of benzene rings is 1. The number of Topliss-reactive ketones (excluding diaryl/α,β-unsaturated/α-hetero) is 1. The number of aromatic nitrogens is 1. The summed E-state index contributed by atoms with van der Waals surface area (Å²) in [5.41, 5.74) is 2.05. The normalized spacial score (nSPS) is 18.1. The van der Waals surface area contributed by atoms with Gasteiger partial charge in [0.15, 0.2) is 5.78 Å². The average Bonchev–Trinajstić information content (AvgIpc) is 3.05. The highest BCUT2D eigenvalue weighted by Crippen LogP contribution is 2.33. The van der Waals surface area contributed by atoms with Crippen LogP contribution in [0.2, 0.25) is 0 Å². The van der Waals surface area contributed by atoms with Gasteiger partial charge in [0.25, 0.3) is 11.8 Å². The summed E-state index contributed by atoms with van der Waals surface area (Å²) in [6.07, 6.45) is 0.847. The van der Waals surface area contributed by atoms with Crippen LogP contribution < -0.4 is 5.32 Å². The number of alkyl halides is 2. The van der Waals surface area contributed by atoms with E-state index in [1.807, 2.05) is 26.0 Å². The number of pyridine rings is 1. The lowest BCUT2D eigenvalue weighted by Gasteiger charge is -2.24. The molecule has 1 unspecified atom stereocenters. The van der Waals surface area contributed by atoms with Crippen LogP contribution in [0.3, 0.4) is 0 Å². The van der Waals surface area contributed by atoms with Crippen molar-refractivity contribution in [1.82, 2.24) is 15.2 Å². The Kier molecular flexibility index (Phi) is 6.38. The van der Waals surface area contributed by atoms with Gasteiger partial charge in [-0.2, -0.15) is 0 Å². The maximum absolute atomic E-state index is 13.9. The van der Waals surface area contributed by atoms with Crippen molar-refractivity contribution in [3.05, 3.63) is 41.6 Å². The SMILES string of the molecule is CC(C)C(=O)C1CC(F)(F)CN1C(=O)CNC(=O)c1ccnc2c(C(C)C)cccc12. The quantitative estimate of drug-likeness (QED) is 0.759. The highest BCUT2D eigenvalue weighted by atomic mass is 19.3. The van der Waals surface area contributed by atoms with E-state index in [0.717, 1.165) is 10.5 Å². The van der Waals surface area contributed by atoms with Gasteiger partial charge in [0.2, 0.25) is 5.91 Å². The highest BCUT2D eigenvalue weighted by molar-refractivity contribution is 6.07. The number of ketones is 1. The molecule has 2 aromatic rings. The van der Waals surface area contributed by atoms with E-state index in [2.05, 4.69) is 10.3 Å². The third-order valence-corrected chi connectivity index (χ3v) is 5.56. The van der Waals surface area contributed by atoms with Gasteiger partial charge in [0.05, 0.1) is 30.2 Å². The molecule has 6 nitrogen and oxygen atoms in total. The molecular formula is C23H27F2N3O3. The van der Waals surface area contributed by atoms with E-state index < -0.39 is 55.0 Å². The summed E-state index contributed by atoms with van der Waals surface area (Å²) in [6, 6.07) is 5.96. The lowest BCUT2D eigenvalue weighted by molar-refractivity contribution is -0.138. The van der Waals surface area contributed by atoms with Crippen molar-refractivity contribution >= 4 is 28.5 Å². The number of nitrogens with zero attached hydrogens (tertiary/aromatic N) is 2.